The summed E-state index contributed by atoms with van der Waals surface area (Å²) in [5.41, 5.74) is 2.32. The van der Waals surface area contributed by atoms with Crippen molar-refractivity contribution in [3.63, 3.8) is 0 Å². The normalized spacial score (nSPS) is 15.1. The predicted octanol–water partition coefficient (Wildman–Crippen LogP) is 4.89. The summed E-state index contributed by atoms with van der Waals surface area (Å²) in [4.78, 5) is 38.9. The molecule has 1 heterocycles. The molecule has 0 bridgehead atoms. The third-order valence-corrected chi connectivity index (χ3v) is 5.41. The van der Waals surface area contributed by atoms with Crippen molar-refractivity contribution in [1.29, 1.82) is 0 Å². The Kier molecular flexibility index (Phi) is 6.05. The number of anilines is 1. The van der Waals surface area contributed by atoms with Crippen molar-refractivity contribution in [2.75, 3.05) is 4.90 Å². The van der Waals surface area contributed by atoms with Gasteiger partial charge in [0.05, 0.1) is 5.69 Å². The van der Waals surface area contributed by atoms with Crippen LogP contribution in [-0.4, -0.2) is 17.8 Å². The summed E-state index contributed by atoms with van der Waals surface area (Å²) >= 11 is 6.15. The molecule has 0 atom stereocenters. The lowest BCUT2D eigenvalue weighted by Gasteiger charge is -2.27. The van der Waals surface area contributed by atoms with Crippen molar-refractivity contribution in [1.82, 2.24) is 5.32 Å². The van der Waals surface area contributed by atoms with Gasteiger partial charge in [0.25, 0.3) is 11.8 Å². The number of nitrogens with one attached hydrogen (secondary N) is 1. The second kappa shape index (κ2) is 9.08. The monoisotopic (exact) mass is 446 g/mol. The van der Waals surface area contributed by atoms with Crippen LogP contribution in [0, 0.1) is 6.92 Å². The second-order valence-electron chi connectivity index (χ2n) is 7.19. The minimum atomic E-state index is -0.817. The number of halogens is 1. The average molecular weight is 447 g/mol. The molecule has 0 unspecified atom stereocenters. The van der Waals surface area contributed by atoms with Gasteiger partial charge in [0.15, 0.2) is 0 Å². The van der Waals surface area contributed by atoms with Crippen LogP contribution >= 0.6 is 11.6 Å². The maximum atomic E-state index is 13.1. The van der Waals surface area contributed by atoms with E-state index in [2.05, 4.69) is 5.32 Å². The van der Waals surface area contributed by atoms with Crippen LogP contribution in [0.4, 0.5) is 10.5 Å². The summed E-state index contributed by atoms with van der Waals surface area (Å²) in [6, 6.07) is 20.8. The predicted molar refractivity (Wildman–Crippen MR) is 122 cm³/mol. The van der Waals surface area contributed by atoms with Crippen molar-refractivity contribution >= 4 is 41.2 Å². The number of nitrogens with zero attached hydrogens (tertiary/aromatic N) is 1. The average Bonchev–Trinajstić information content (AvgIpc) is 2.79. The lowest BCUT2D eigenvalue weighted by molar-refractivity contribution is -0.122. The summed E-state index contributed by atoms with van der Waals surface area (Å²) in [6.07, 6.45) is 1.44. The van der Waals surface area contributed by atoms with Crippen LogP contribution in [0.15, 0.2) is 78.4 Å². The van der Waals surface area contributed by atoms with E-state index in [0.717, 1.165) is 10.5 Å². The van der Waals surface area contributed by atoms with E-state index in [1.165, 1.54) is 6.08 Å². The highest BCUT2D eigenvalue weighted by Crippen LogP contribution is 2.29. The Morgan fingerprint density at radius 1 is 0.969 bits per heavy atom. The van der Waals surface area contributed by atoms with Gasteiger partial charge in [-0.05, 0) is 54.0 Å². The standard InChI is InChI=1S/C25H19ClN2O4/c1-16-21(26)11-6-12-22(16)28-24(30)20(23(29)27-25(28)31)14-18-9-5-10-19(13-18)32-15-17-7-3-2-4-8-17/h2-14H,15H2,1H3,(H,27,29,31)/b20-14-. The molecule has 1 fully saturated rings. The SMILES string of the molecule is Cc1c(Cl)cccc1N1C(=O)NC(=O)/C(=C/c2cccc(OCc3ccccc3)c2)C1=O. The van der Waals surface area contributed by atoms with Crippen molar-refractivity contribution < 1.29 is 19.1 Å². The molecule has 1 aliphatic heterocycles. The Balaban J connectivity index is 1.61. The van der Waals surface area contributed by atoms with Crippen molar-refractivity contribution in [3.8, 4) is 5.75 Å². The van der Waals surface area contributed by atoms with Gasteiger partial charge in [-0.25, -0.2) is 9.69 Å². The molecule has 32 heavy (non-hydrogen) atoms. The second-order valence-corrected chi connectivity index (χ2v) is 7.60. The van der Waals surface area contributed by atoms with Crippen molar-refractivity contribution in [2.45, 2.75) is 13.5 Å². The molecule has 1 N–H and O–H groups in total. The highest BCUT2D eigenvalue weighted by Gasteiger charge is 2.37. The quantitative estimate of drug-likeness (QED) is 0.447. The number of amides is 4. The first-order valence-electron chi connectivity index (χ1n) is 9.87. The number of hydrogen-bond donors (Lipinski definition) is 1. The summed E-state index contributed by atoms with van der Waals surface area (Å²) in [5, 5.41) is 2.63. The Bertz CT molecular complexity index is 1240. The summed E-state index contributed by atoms with van der Waals surface area (Å²) in [5.74, 6) is -0.892. The highest BCUT2D eigenvalue weighted by atomic mass is 35.5. The number of carbonyl (C=O) groups is 3. The number of rotatable bonds is 5. The highest BCUT2D eigenvalue weighted by molar-refractivity contribution is 6.39. The summed E-state index contributed by atoms with van der Waals surface area (Å²) in [7, 11) is 0. The van der Waals surface area contributed by atoms with Gasteiger partial charge in [0, 0.05) is 5.02 Å². The van der Waals surface area contributed by atoms with E-state index in [0.29, 0.717) is 34.2 Å². The van der Waals surface area contributed by atoms with E-state index in [1.807, 2.05) is 30.3 Å². The first-order chi connectivity index (χ1) is 15.4. The molecule has 4 rings (SSSR count). The summed E-state index contributed by atoms with van der Waals surface area (Å²) in [6.45, 7) is 2.09. The molecule has 4 amide bonds. The number of carbonyl (C=O) groups excluding carboxylic acids is 3. The van der Waals surface area contributed by atoms with E-state index in [9.17, 15) is 14.4 Å². The Morgan fingerprint density at radius 3 is 2.50 bits per heavy atom. The molecule has 3 aromatic carbocycles. The van der Waals surface area contributed by atoms with Crippen LogP contribution in [0.1, 0.15) is 16.7 Å². The minimum absolute atomic E-state index is 0.163. The number of benzene rings is 3. The van der Waals surface area contributed by atoms with Crippen LogP contribution in [0.2, 0.25) is 5.02 Å². The number of barbiturate groups is 1. The molecule has 1 saturated heterocycles. The fraction of sp³-hybridized carbons (Fsp3) is 0.0800. The van der Waals surface area contributed by atoms with Gasteiger partial charge in [-0.2, -0.15) is 0 Å². The molecule has 160 valence electrons. The Labute approximate surface area is 190 Å². The maximum absolute atomic E-state index is 13.1. The topological polar surface area (TPSA) is 75.7 Å². The zero-order valence-electron chi connectivity index (χ0n) is 17.2. The van der Waals surface area contributed by atoms with E-state index in [4.69, 9.17) is 16.3 Å². The molecule has 1 aliphatic rings. The Morgan fingerprint density at radius 2 is 1.72 bits per heavy atom. The van der Waals surface area contributed by atoms with Crippen LogP contribution in [0.25, 0.3) is 6.08 Å². The number of ether oxygens (including phenoxy) is 1. The molecule has 0 radical (unpaired) electrons. The molecular formula is C25H19ClN2O4. The van der Waals surface area contributed by atoms with Crippen LogP contribution in [0.5, 0.6) is 5.75 Å². The number of hydrogen-bond acceptors (Lipinski definition) is 4. The fourth-order valence-electron chi connectivity index (χ4n) is 3.32. The van der Waals surface area contributed by atoms with Gasteiger partial charge in [-0.3, -0.25) is 14.9 Å². The molecule has 0 saturated carbocycles. The van der Waals surface area contributed by atoms with Crippen molar-refractivity contribution in [3.05, 3.63) is 100 Å². The van der Waals surface area contributed by atoms with Gasteiger partial charge in [0.1, 0.15) is 17.9 Å². The lowest BCUT2D eigenvalue weighted by Crippen LogP contribution is -2.54. The molecule has 6 nitrogen and oxygen atoms in total. The minimum Gasteiger partial charge on any atom is -0.489 e. The molecule has 3 aromatic rings. The third-order valence-electron chi connectivity index (χ3n) is 5.00. The zero-order chi connectivity index (χ0) is 22.7. The lowest BCUT2D eigenvalue weighted by atomic mass is 10.1. The molecular weight excluding hydrogens is 428 g/mol. The Hall–Kier alpha value is -3.90. The van der Waals surface area contributed by atoms with Crippen LogP contribution in [-0.2, 0) is 16.2 Å². The molecule has 0 spiro atoms. The molecule has 7 heteroatoms. The van der Waals surface area contributed by atoms with E-state index in [-0.39, 0.29) is 5.57 Å². The smallest absolute Gasteiger partial charge is 0.335 e. The fourth-order valence-corrected chi connectivity index (χ4v) is 3.49. The van der Waals surface area contributed by atoms with Crippen molar-refractivity contribution in [2.24, 2.45) is 0 Å². The van der Waals surface area contributed by atoms with Crippen LogP contribution < -0.4 is 15.0 Å². The van der Waals surface area contributed by atoms with E-state index in [1.54, 1.807) is 49.4 Å². The molecule has 0 aromatic heterocycles. The van der Waals surface area contributed by atoms with Gasteiger partial charge < -0.3 is 4.74 Å². The number of urea groups is 1. The largest absolute Gasteiger partial charge is 0.489 e. The van der Waals surface area contributed by atoms with Crippen LogP contribution in [0.3, 0.4) is 0 Å². The van der Waals surface area contributed by atoms with E-state index < -0.39 is 17.8 Å². The van der Waals surface area contributed by atoms with Gasteiger partial charge >= 0.3 is 6.03 Å². The van der Waals surface area contributed by atoms with Gasteiger partial charge in [-0.1, -0.05) is 60.1 Å². The van der Waals surface area contributed by atoms with Gasteiger partial charge in [0.2, 0.25) is 0 Å². The third kappa shape index (κ3) is 4.40. The maximum Gasteiger partial charge on any atom is 0.335 e. The number of imide groups is 2. The first-order valence-corrected chi connectivity index (χ1v) is 10.2. The summed E-state index contributed by atoms with van der Waals surface area (Å²) < 4.78 is 5.82. The zero-order valence-corrected chi connectivity index (χ0v) is 17.9. The molecule has 0 aliphatic carbocycles. The van der Waals surface area contributed by atoms with Gasteiger partial charge in [-0.15, -0.1) is 0 Å². The first kappa shape index (κ1) is 21.3. The van der Waals surface area contributed by atoms with E-state index >= 15 is 0 Å².